The molecule has 3 rings (SSSR count). The summed E-state index contributed by atoms with van der Waals surface area (Å²) in [5.41, 5.74) is 2.89. The third kappa shape index (κ3) is 4.08. The van der Waals surface area contributed by atoms with Gasteiger partial charge in [-0.3, -0.25) is 4.79 Å². The fraction of sp³-hybridized carbons (Fsp3) is 0.0556. The first-order valence-electron chi connectivity index (χ1n) is 7.34. The number of aryl methyl sites for hydroxylation is 1. The summed E-state index contributed by atoms with van der Waals surface area (Å²) in [7, 11) is 0. The van der Waals surface area contributed by atoms with E-state index in [0.717, 1.165) is 11.3 Å². The van der Waals surface area contributed by atoms with Gasteiger partial charge in [0, 0.05) is 22.6 Å². The number of aromatic nitrogens is 2. The predicted octanol–water partition coefficient (Wildman–Crippen LogP) is 4.43. The van der Waals surface area contributed by atoms with Crippen LogP contribution in [0.25, 0.3) is 0 Å². The maximum absolute atomic E-state index is 12.3. The van der Waals surface area contributed by atoms with Gasteiger partial charge in [-0.2, -0.15) is 0 Å². The first kappa shape index (κ1) is 16.0. The Morgan fingerprint density at radius 2 is 1.83 bits per heavy atom. The van der Waals surface area contributed by atoms with Crippen molar-refractivity contribution in [2.24, 2.45) is 0 Å². The zero-order chi connectivity index (χ0) is 16.9. The molecular weight excluding hydrogens is 324 g/mol. The Balaban J connectivity index is 1.74. The molecule has 0 aliphatic rings. The Morgan fingerprint density at radius 1 is 1.04 bits per heavy atom. The predicted molar refractivity (Wildman–Crippen MR) is 95.9 cm³/mol. The highest BCUT2D eigenvalue weighted by molar-refractivity contribution is 6.30. The van der Waals surface area contributed by atoms with Gasteiger partial charge in [0.15, 0.2) is 0 Å². The molecular formula is C18H15ClN4O. The summed E-state index contributed by atoms with van der Waals surface area (Å²) in [6.45, 7) is 2.01. The second kappa shape index (κ2) is 7.10. The lowest BCUT2D eigenvalue weighted by Crippen LogP contribution is -2.14. The Hall–Kier alpha value is -2.92. The molecule has 1 amide bonds. The van der Waals surface area contributed by atoms with Gasteiger partial charge in [0.1, 0.15) is 5.69 Å². The molecule has 0 radical (unpaired) electrons. The van der Waals surface area contributed by atoms with E-state index in [-0.39, 0.29) is 11.6 Å². The van der Waals surface area contributed by atoms with E-state index < -0.39 is 0 Å². The molecule has 0 saturated heterocycles. The van der Waals surface area contributed by atoms with Gasteiger partial charge >= 0.3 is 0 Å². The van der Waals surface area contributed by atoms with Gasteiger partial charge in [-0.15, -0.1) is 0 Å². The van der Waals surface area contributed by atoms with Crippen molar-refractivity contribution >= 4 is 34.8 Å². The van der Waals surface area contributed by atoms with Crippen LogP contribution in [0.3, 0.4) is 0 Å². The summed E-state index contributed by atoms with van der Waals surface area (Å²) < 4.78 is 0. The molecule has 6 heteroatoms. The van der Waals surface area contributed by atoms with E-state index in [9.17, 15) is 4.79 Å². The van der Waals surface area contributed by atoms with Gasteiger partial charge < -0.3 is 10.6 Å². The molecule has 0 fully saturated rings. The van der Waals surface area contributed by atoms with Gasteiger partial charge in [0.25, 0.3) is 5.91 Å². The summed E-state index contributed by atoms with van der Waals surface area (Å²) in [5.74, 6) is 0.0317. The van der Waals surface area contributed by atoms with Crippen LogP contribution in [0.15, 0.2) is 60.8 Å². The molecule has 2 N–H and O–H groups in total. The van der Waals surface area contributed by atoms with Crippen molar-refractivity contribution in [3.05, 3.63) is 77.1 Å². The van der Waals surface area contributed by atoms with Crippen LogP contribution in [0.4, 0.5) is 17.3 Å². The number of carbonyl (C=O) groups is 1. The average molecular weight is 339 g/mol. The van der Waals surface area contributed by atoms with E-state index in [1.54, 1.807) is 30.3 Å². The standard InChI is InChI=1S/C18H15ClN4O/c1-12-5-7-14(8-6-12)22-18-20-10-9-16(23-18)17(24)21-15-4-2-3-13(19)11-15/h2-11H,1H3,(H,21,24)(H,20,22,23). The van der Waals surface area contributed by atoms with Crippen molar-refractivity contribution in [3.63, 3.8) is 0 Å². The first-order chi connectivity index (χ1) is 11.6. The van der Waals surface area contributed by atoms with Gasteiger partial charge in [-0.05, 0) is 43.3 Å². The molecule has 3 aromatic rings. The maximum atomic E-state index is 12.3. The van der Waals surface area contributed by atoms with Gasteiger partial charge in [-0.1, -0.05) is 35.4 Å². The van der Waals surface area contributed by atoms with Crippen LogP contribution in [-0.4, -0.2) is 15.9 Å². The highest BCUT2D eigenvalue weighted by Crippen LogP contribution is 2.17. The lowest BCUT2D eigenvalue weighted by molar-refractivity contribution is 0.102. The molecule has 0 saturated carbocycles. The molecule has 0 aliphatic carbocycles. The van der Waals surface area contributed by atoms with E-state index in [2.05, 4.69) is 20.6 Å². The molecule has 5 nitrogen and oxygen atoms in total. The Kier molecular flexibility index (Phi) is 4.72. The average Bonchev–Trinajstić information content (AvgIpc) is 2.57. The second-order valence-electron chi connectivity index (χ2n) is 5.22. The molecule has 0 spiro atoms. The number of benzene rings is 2. The Bertz CT molecular complexity index is 865. The fourth-order valence-corrected chi connectivity index (χ4v) is 2.26. The highest BCUT2D eigenvalue weighted by atomic mass is 35.5. The monoisotopic (exact) mass is 338 g/mol. The SMILES string of the molecule is Cc1ccc(Nc2nccc(C(=O)Nc3cccc(Cl)c3)n2)cc1. The number of hydrogen-bond donors (Lipinski definition) is 2. The number of anilines is 3. The number of carbonyl (C=O) groups excluding carboxylic acids is 1. The number of nitrogens with one attached hydrogen (secondary N) is 2. The molecule has 24 heavy (non-hydrogen) atoms. The number of rotatable bonds is 4. The summed E-state index contributed by atoms with van der Waals surface area (Å²) in [6, 6.07) is 16.3. The lowest BCUT2D eigenvalue weighted by atomic mass is 10.2. The van der Waals surface area contributed by atoms with Crippen LogP contribution in [0.2, 0.25) is 5.02 Å². The quantitative estimate of drug-likeness (QED) is 0.738. The van der Waals surface area contributed by atoms with Crippen molar-refractivity contribution < 1.29 is 4.79 Å². The third-order valence-electron chi connectivity index (χ3n) is 3.28. The van der Waals surface area contributed by atoms with Crippen LogP contribution in [0.5, 0.6) is 0 Å². The van der Waals surface area contributed by atoms with Crippen LogP contribution in [0.1, 0.15) is 16.1 Å². The highest BCUT2D eigenvalue weighted by Gasteiger charge is 2.09. The second-order valence-corrected chi connectivity index (χ2v) is 5.66. The largest absolute Gasteiger partial charge is 0.324 e. The summed E-state index contributed by atoms with van der Waals surface area (Å²) in [5, 5.41) is 6.39. The van der Waals surface area contributed by atoms with Crippen molar-refractivity contribution in [1.82, 2.24) is 9.97 Å². The topological polar surface area (TPSA) is 66.9 Å². The molecule has 0 aliphatic heterocycles. The molecule has 1 aromatic heterocycles. The molecule has 0 atom stereocenters. The minimum atomic E-state index is -0.327. The van der Waals surface area contributed by atoms with Gasteiger partial charge in [0.2, 0.25) is 5.95 Å². The van der Waals surface area contributed by atoms with E-state index >= 15 is 0 Å². The third-order valence-corrected chi connectivity index (χ3v) is 3.51. The van der Waals surface area contributed by atoms with Crippen molar-refractivity contribution in [2.75, 3.05) is 10.6 Å². The number of amides is 1. The van der Waals surface area contributed by atoms with Gasteiger partial charge in [0.05, 0.1) is 0 Å². The molecule has 120 valence electrons. The van der Waals surface area contributed by atoms with Gasteiger partial charge in [-0.25, -0.2) is 9.97 Å². The molecule has 0 bridgehead atoms. The van der Waals surface area contributed by atoms with E-state index in [1.807, 2.05) is 31.2 Å². The summed E-state index contributed by atoms with van der Waals surface area (Å²) in [4.78, 5) is 20.7. The molecule has 2 aromatic carbocycles. The number of nitrogens with zero attached hydrogens (tertiary/aromatic N) is 2. The molecule has 1 heterocycles. The lowest BCUT2D eigenvalue weighted by Gasteiger charge is -2.08. The number of hydrogen-bond acceptors (Lipinski definition) is 4. The van der Waals surface area contributed by atoms with Crippen LogP contribution < -0.4 is 10.6 Å². The number of halogens is 1. The smallest absolute Gasteiger partial charge is 0.274 e. The normalized spacial score (nSPS) is 10.2. The first-order valence-corrected chi connectivity index (χ1v) is 7.71. The van der Waals surface area contributed by atoms with Crippen LogP contribution in [0, 0.1) is 6.92 Å². The molecule has 0 unspecified atom stereocenters. The van der Waals surface area contributed by atoms with E-state index in [0.29, 0.717) is 16.7 Å². The van der Waals surface area contributed by atoms with Crippen LogP contribution in [-0.2, 0) is 0 Å². The Labute approximate surface area is 144 Å². The fourth-order valence-electron chi connectivity index (χ4n) is 2.07. The van der Waals surface area contributed by atoms with Crippen molar-refractivity contribution in [3.8, 4) is 0 Å². The Morgan fingerprint density at radius 3 is 2.58 bits per heavy atom. The van der Waals surface area contributed by atoms with E-state index in [4.69, 9.17) is 11.6 Å². The zero-order valence-electron chi connectivity index (χ0n) is 13.0. The van der Waals surface area contributed by atoms with E-state index in [1.165, 1.54) is 6.20 Å². The maximum Gasteiger partial charge on any atom is 0.274 e. The van der Waals surface area contributed by atoms with Crippen molar-refractivity contribution in [2.45, 2.75) is 6.92 Å². The van der Waals surface area contributed by atoms with Crippen molar-refractivity contribution in [1.29, 1.82) is 0 Å². The summed E-state index contributed by atoms with van der Waals surface area (Å²) in [6.07, 6.45) is 1.54. The van der Waals surface area contributed by atoms with Crippen LogP contribution >= 0.6 is 11.6 Å². The minimum absolute atomic E-state index is 0.264. The zero-order valence-corrected chi connectivity index (χ0v) is 13.7. The minimum Gasteiger partial charge on any atom is -0.324 e. The summed E-state index contributed by atoms with van der Waals surface area (Å²) >= 11 is 5.91.